The van der Waals surface area contributed by atoms with Crippen LogP contribution in [0.1, 0.15) is 12.5 Å². The first kappa shape index (κ1) is 20.8. The second kappa shape index (κ2) is 8.62. The number of sulfonamides is 1. The number of ether oxygens (including phenoxy) is 1. The second-order valence-corrected chi connectivity index (χ2v) is 8.69. The van der Waals surface area contributed by atoms with E-state index in [1.165, 1.54) is 11.2 Å². The number of aryl methyl sites for hydroxylation is 1. The van der Waals surface area contributed by atoms with E-state index in [2.05, 4.69) is 5.32 Å². The van der Waals surface area contributed by atoms with Gasteiger partial charge in [0.25, 0.3) is 0 Å². The Balaban J connectivity index is 1.59. The molecule has 0 unspecified atom stereocenters. The molecule has 1 aliphatic rings. The van der Waals surface area contributed by atoms with E-state index in [1.807, 2.05) is 6.92 Å². The number of benzene rings is 2. The molecule has 0 spiro atoms. The second-order valence-electron chi connectivity index (χ2n) is 6.76. The van der Waals surface area contributed by atoms with Crippen molar-refractivity contribution < 1.29 is 22.7 Å². The highest BCUT2D eigenvalue weighted by Gasteiger charge is 2.30. The van der Waals surface area contributed by atoms with E-state index in [0.717, 1.165) is 5.56 Å². The number of hydrogen-bond acceptors (Lipinski definition) is 5. The van der Waals surface area contributed by atoms with Gasteiger partial charge in [-0.25, -0.2) is 13.2 Å². The van der Waals surface area contributed by atoms with E-state index in [1.54, 1.807) is 53.4 Å². The number of nitrogens with one attached hydrogen (secondary N) is 1. The lowest BCUT2D eigenvalue weighted by molar-refractivity contribution is -0.131. The van der Waals surface area contributed by atoms with Crippen molar-refractivity contribution in [3.05, 3.63) is 54.1 Å². The largest absolute Gasteiger partial charge is 0.427 e. The Morgan fingerprint density at radius 1 is 1.00 bits per heavy atom. The molecule has 9 heteroatoms. The van der Waals surface area contributed by atoms with Crippen molar-refractivity contribution in [1.82, 2.24) is 9.21 Å². The van der Waals surface area contributed by atoms with Crippen molar-refractivity contribution >= 4 is 27.7 Å². The molecule has 0 saturated carbocycles. The van der Waals surface area contributed by atoms with Crippen LogP contribution in [-0.2, 0) is 14.8 Å². The molecule has 0 atom stereocenters. The van der Waals surface area contributed by atoms with E-state index in [9.17, 15) is 18.0 Å². The topological polar surface area (TPSA) is 96.0 Å². The normalized spacial score (nSPS) is 15.0. The van der Waals surface area contributed by atoms with Crippen LogP contribution in [0.4, 0.5) is 10.5 Å². The molecule has 29 heavy (non-hydrogen) atoms. The van der Waals surface area contributed by atoms with Gasteiger partial charge in [0.15, 0.2) is 0 Å². The van der Waals surface area contributed by atoms with Crippen molar-refractivity contribution in [3.8, 4) is 5.75 Å². The van der Waals surface area contributed by atoms with Gasteiger partial charge in [0.1, 0.15) is 5.75 Å². The fraction of sp³-hybridized carbons (Fsp3) is 0.300. The molecule has 1 N–H and O–H groups in total. The van der Waals surface area contributed by atoms with Crippen LogP contribution in [0.5, 0.6) is 5.75 Å². The molecule has 0 aromatic heterocycles. The van der Waals surface area contributed by atoms with Crippen LogP contribution in [0.3, 0.4) is 0 Å². The Bertz CT molecular complexity index is 997. The van der Waals surface area contributed by atoms with Gasteiger partial charge < -0.3 is 15.0 Å². The standard InChI is InChI=1S/C20H23N3O5S/c1-15-6-8-19(9-7-15)29(26,27)23-12-10-22(11-13-23)20(25)21-17-4-3-5-18(14-17)28-16(2)24/h3-9,14H,10-13H2,1-2H3,(H,21,25). The van der Waals surface area contributed by atoms with Crippen molar-refractivity contribution in [2.24, 2.45) is 0 Å². The monoisotopic (exact) mass is 417 g/mol. The fourth-order valence-electron chi connectivity index (χ4n) is 3.00. The van der Waals surface area contributed by atoms with Crippen LogP contribution in [0, 0.1) is 6.92 Å². The third-order valence-electron chi connectivity index (χ3n) is 4.53. The van der Waals surface area contributed by atoms with Gasteiger partial charge >= 0.3 is 12.0 Å². The molecular formula is C20H23N3O5S. The molecule has 154 valence electrons. The maximum Gasteiger partial charge on any atom is 0.321 e. The number of amides is 2. The summed E-state index contributed by atoms with van der Waals surface area (Å²) in [5.74, 6) is -0.108. The van der Waals surface area contributed by atoms with E-state index < -0.39 is 16.0 Å². The molecule has 0 aliphatic carbocycles. The lowest BCUT2D eigenvalue weighted by Crippen LogP contribution is -2.51. The summed E-state index contributed by atoms with van der Waals surface area (Å²) in [6, 6.07) is 12.9. The number of nitrogens with zero attached hydrogens (tertiary/aromatic N) is 2. The van der Waals surface area contributed by atoms with E-state index >= 15 is 0 Å². The molecule has 1 aliphatic heterocycles. The zero-order valence-corrected chi connectivity index (χ0v) is 17.1. The molecular weight excluding hydrogens is 394 g/mol. The van der Waals surface area contributed by atoms with Gasteiger partial charge in [-0.05, 0) is 31.2 Å². The van der Waals surface area contributed by atoms with Crippen molar-refractivity contribution in [3.63, 3.8) is 0 Å². The van der Waals surface area contributed by atoms with Crippen LogP contribution in [0.25, 0.3) is 0 Å². The number of carbonyl (C=O) groups is 2. The Labute approximate surface area is 170 Å². The molecule has 3 rings (SSSR count). The van der Waals surface area contributed by atoms with Crippen molar-refractivity contribution in [2.75, 3.05) is 31.5 Å². The SMILES string of the molecule is CC(=O)Oc1cccc(NC(=O)N2CCN(S(=O)(=O)c3ccc(C)cc3)CC2)c1. The summed E-state index contributed by atoms with van der Waals surface area (Å²) in [7, 11) is -3.58. The van der Waals surface area contributed by atoms with Gasteiger partial charge in [-0.1, -0.05) is 23.8 Å². The van der Waals surface area contributed by atoms with Gasteiger partial charge in [0.2, 0.25) is 10.0 Å². The first-order chi connectivity index (χ1) is 13.8. The minimum absolute atomic E-state index is 0.219. The summed E-state index contributed by atoms with van der Waals surface area (Å²) in [4.78, 5) is 25.4. The summed E-state index contributed by atoms with van der Waals surface area (Å²) in [5.41, 5.74) is 1.48. The van der Waals surface area contributed by atoms with Crippen molar-refractivity contribution in [2.45, 2.75) is 18.7 Å². The van der Waals surface area contributed by atoms with Crippen LogP contribution >= 0.6 is 0 Å². The Hall–Kier alpha value is -2.91. The van der Waals surface area contributed by atoms with Gasteiger partial charge in [-0.3, -0.25) is 4.79 Å². The summed E-state index contributed by atoms with van der Waals surface area (Å²) in [5, 5.41) is 2.74. The zero-order chi connectivity index (χ0) is 21.0. The highest BCUT2D eigenvalue weighted by molar-refractivity contribution is 7.89. The van der Waals surface area contributed by atoms with E-state index in [-0.39, 0.29) is 37.1 Å². The van der Waals surface area contributed by atoms with Crippen LogP contribution in [-0.4, -0.2) is 55.8 Å². The molecule has 2 amide bonds. The molecule has 2 aromatic carbocycles. The molecule has 1 heterocycles. The predicted molar refractivity (Wildman–Crippen MR) is 108 cm³/mol. The summed E-state index contributed by atoms with van der Waals surface area (Å²) in [6.45, 7) is 4.19. The van der Waals surface area contributed by atoms with Crippen molar-refractivity contribution in [1.29, 1.82) is 0 Å². The molecule has 0 radical (unpaired) electrons. The first-order valence-electron chi connectivity index (χ1n) is 9.17. The lowest BCUT2D eigenvalue weighted by atomic mass is 10.2. The zero-order valence-electron chi connectivity index (χ0n) is 16.3. The average molecular weight is 417 g/mol. The molecule has 0 bridgehead atoms. The van der Waals surface area contributed by atoms with Gasteiger partial charge in [-0.2, -0.15) is 4.31 Å². The van der Waals surface area contributed by atoms with Crippen LogP contribution < -0.4 is 10.1 Å². The quantitative estimate of drug-likeness (QED) is 0.609. The number of anilines is 1. The van der Waals surface area contributed by atoms with E-state index in [4.69, 9.17) is 4.74 Å². The lowest BCUT2D eigenvalue weighted by Gasteiger charge is -2.34. The number of urea groups is 1. The minimum Gasteiger partial charge on any atom is -0.427 e. The average Bonchev–Trinajstić information content (AvgIpc) is 2.68. The number of piperazine rings is 1. The van der Waals surface area contributed by atoms with E-state index in [0.29, 0.717) is 11.4 Å². The smallest absolute Gasteiger partial charge is 0.321 e. The van der Waals surface area contributed by atoms with Crippen LogP contribution in [0.2, 0.25) is 0 Å². The Morgan fingerprint density at radius 2 is 1.66 bits per heavy atom. The van der Waals surface area contributed by atoms with Gasteiger partial charge in [-0.15, -0.1) is 0 Å². The number of esters is 1. The predicted octanol–water partition coefficient (Wildman–Crippen LogP) is 2.46. The fourth-order valence-corrected chi connectivity index (χ4v) is 4.42. The third-order valence-corrected chi connectivity index (χ3v) is 6.44. The van der Waals surface area contributed by atoms with Crippen LogP contribution in [0.15, 0.2) is 53.4 Å². The third kappa shape index (κ3) is 5.12. The molecule has 1 fully saturated rings. The van der Waals surface area contributed by atoms with Gasteiger partial charge in [0.05, 0.1) is 4.90 Å². The summed E-state index contributed by atoms with van der Waals surface area (Å²) >= 11 is 0. The molecule has 2 aromatic rings. The minimum atomic E-state index is -3.58. The number of carbonyl (C=O) groups excluding carboxylic acids is 2. The first-order valence-corrected chi connectivity index (χ1v) is 10.6. The maximum absolute atomic E-state index is 12.8. The highest BCUT2D eigenvalue weighted by atomic mass is 32.2. The van der Waals surface area contributed by atoms with Gasteiger partial charge in [0, 0.05) is 44.9 Å². The highest BCUT2D eigenvalue weighted by Crippen LogP contribution is 2.20. The number of rotatable bonds is 4. The summed E-state index contributed by atoms with van der Waals surface area (Å²) in [6.07, 6.45) is 0. The molecule has 8 nitrogen and oxygen atoms in total. The summed E-state index contributed by atoms with van der Waals surface area (Å²) < 4.78 is 31.9. The number of hydrogen-bond donors (Lipinski definition) is 1. The Morgan fingerprint density at radius 3 is 2.28 bits per heavy atom. The Kier molecular flexibility index (Phi) is 6.19. The molecule has 1 saturated heterocycles. The maximum atomic E-state index is 12.8.